The molecule has 2 amide bonds. The third-order valence-corrected chi connectivity index (χ3v) is 3.97. The van der Waals surface area contributed by atoms with E-state index in [9.17, 15) is 9.59 Å². The van der Waals surface area contributed by atoms with Crippen molar-refractivity contribution in [1.29, 1.82) is 0 Å². The first kappa shape index (κ1) is 12.7. The van der Waals surface area contributed by atoms with Gasteiger partial charge >= 0.3 is 0 Å². The van der Waals surface area contributed by atoms with E-state index >= 15 is 0 Å². The van der Waals surface area contributed by atoms with Crippen LogP contribution in [0.5, 0.6) is 0 Å². The van der Waals surface area contributed by atoms with Gasteiger partial charge in [0.2, 0.25) is 11.8 Å². The van der Waals surface area contributed by atoms with Crippen LogP contribution in [0.3, 0.4) is 0 Å². The molecule has 19 heavy (non-hydrogen) atoms. The Labute approximate surface area is 120 Å². The Balaban J connectivity index is 1.53. The maximum atomic E-state index is 12.0. The molecule has 1 aromatic rings. The quantitative estimate of drug-likeness (QED) is 0.893. The molecule has 0 heterocycles. The lowest BCUT2D eigenvalue weighted by atomic mass is 10.2. The largest absolute Gasteiger partial charge is 0.353 e. The Morgan fingerprint density at radius 3 is 2.58 bits per heavy atom. The molecule has 2 aliphatic carbocycles. The van der Waals surface area contributed by atoms with Crippen molar-refractivity contribution in [2.75, 3.05) is 5.32 Å². The van der Waals surface area contributed by atoms with E-state index in [4.69, 9.17) is 0 Å². The number of hydrogen-bond acceptors (Lipinski definition) is 2. The minimum atomic E-state index is -0.169. The van der Waals surface area contributed by atoms with Crippen molar-refractivity contribution >= 4 is 33.4 Å². The van der Waals surface area contributed by atoms with Gasteiger partial charge in [-0.2, -0.15) is 0 Å². The van der Waals surface area contributed by atoms with E-state index in [1.807, 2.05) is 24.3 Å². The highest BCUT2D eigenvalue weighted by Gasteiger charge is 2.48. The molecule has 2 aliphatic rings. The number of amides is 2. The number of halogens is 1. The number of nitrogens with one attached hydrogen (secondary N) is 2. The average molecular weight is 323 g/mol. The Kier molecular flexibility index (Phi) is 3.31. The van der Waals surface area contributed by atoms with Crippen molar-refractivity contribution in [1.82, 2.24) is 5.32 Å². The van der Waals surface area contributed by atoms with Crippen LogP contribution in [-0.4, -0.2) is 17.9 Å². The van der Waals surface area contributed by atoms with Gasteiger partial charge in [-0.25, -0.2) is 0 Å². The molecule has 2 fully saturated rings. The molecular weight excluding hydrogens is 308 g/mol. The molecule has 5 heteroatoms. The summed E-state index contributed by atoms with van der Waals surface area (Å²) in [7, 11) is 0. The summed E-state index contributed by atoms with van der Waals surface area (Å²) in [5.41, 5.74) is 0.757. The molecule has 0 aliphatic heterocycles. The monoisotopic (exact) mass is 322 g/mol. The first-order valence-corrected chi connectivity index (χ1v) is 7.29. The van der Waals surface area contributed by atoms with E-state index in [1.54, 1.807) is 0 Å². The van der Waals surface area contributed by atoms with Crippen LogP contribution in [0.2, 0.25) is 0 Å². The zero-order chi connectivity index (χ0) is 13.4. The lowest BCUT2D eigenvalue weighted by molar-refractivity contribution is -0.125. The second kappa shape index (κ2) is 4.96. The van der Waals surface area contributed by atoms with Gasteiger partial charge in [-0.15, -0.1) is 0 Å². The fourth-order valence-corrected chi connectivity index (χ4v) is 2.51. The molecular formula is C14H15BrN2O2. The zero-order valence-corrected chi connectivity index (χ0v) is 11.9. The molecule has 0 bridgehead atoms. The van der Waals surface area contributed by atoms with Crippen molar-refractivity contribution in [3.05, 3.63) is 28.7 Å². The fourth-order valence-electron chi connectivity index (χ4n) is 2.11. The van der Waals surface area contributed by atoms with E-state index < -0.39 is 0 Å². The van der Waals surface area contributed by atoms with Crippen LogP contribution in [0.15, 0.2) is 28.7 Å². The standard InChI is InChI=1S/C14H15BrN2O2/c15-8-2-1-3-10(6-8)17-14(19)12-7-11(12)13(18)16-9-4-5-9/h1-3,6,9,11-12H,4-5,7H2,(H,16,18)(H,17,19). The van der Waals surface area contributed by atoms with Crippen molar-refractivity contribution in [3.8, 4) is 0 Å². The van der Waals surface area contributed by atoms with Crippen molar-refractivity contribution < 1.29 is 9.59 Å². The summed E-state index contributed by atoms with van der Waals surface area (Å²) in [6.45, 7) is 0. The van der Waals surface area contributed by atoms with Gasteiger partial charge in [-0.05, 0) is 37.5 Å². The minimum Gasteiger partial charge on any atom is -0.353 e. The van der Waals surface area contributed by atoms with E-state index in [1.165, 1.54) is 0 Å². The second-order valence-electron chi connectivity index (χ2n) is 5.23. The van der Waals surface area contributed by atoms with Gasteiger partial charge < -0.3 is 10.6 Å². The van der Waals surface area contributed by atoms with Crippen molar-refractivity contribution in [3.63, 3.8) is 0 Å². The average Bonchev–Trinajstić information content (AvgIpc) is 3.23. The molecule has 2 N–H and O–H groups in total. The van der Waals surface area contributed by atoms with Crippen molar-refractivity contribution in [2.24, 2.45) is 11.8 Å². The lowest BCUT2D eigenvalue weighted by Gasteiger charge is -2.05. The summed E-state index contributed by atoms with van der Waals surface area (Å²) in [5.74, 6) is -0.323. The van der Waals surface area contributed by atoms with Crippen LogP contribution in [0, 0.1) is 11.8 Å². The Morgan fingerprint density at radius 2 is 1.89 bits per heavy atom. The van der Waals surface area contributed by atoms with Gasteiger partial charge in [0, 0.05) is 16.2 Å². The number of carbonyl (C=O) groups excluding carboxylic acids is 2. The maximum absolute atomic E-state index is 12.0. The lowest BCUT2D eigenvalue weighted by Crippen LogP contribution is -2.29. The molecule has 0 aromatic heterocycles. The SMILES string of the molecule is O=C(Nc1cccc(Br)c1)C1CC1C(=O)NC1CC1. The topological polar surface area (TPSA) is 58.2 Å². The summed E-state index contributed by atoms with van der Waals surface area (Å²) in [4.78, 5) is 23.8. The minimum absolute atomic E-state index is 0.0388. The number of hydrogen-bond donors (Lipinski definition) is 2. The van der Waals surface area contributed by atoms with E-state index in [2.05, 4.69) is 26.6 Å². The number of carbonyl (C=O) groups is 2. The third kappa shape index (κ3) is 3.15. The van der Waals surface area contributed by atoms with Crippen LogP contribution < -0.4 is 10.6 Å². The van der Waals surface area contributed by atoms with E-state index in [0.29, 0.717) is 12.5 Å². The first-order chi connectivity index (χ1) is 9.13. The number of benzene rings is 1. The fraction of sp³-hybridized carbons (Fsp3) is 0.429. The van der Waals surface area contributed by atoms with Crippen LogP contribution in [-0.2, 0) is 9.59 Å². The van der Waals surface area contributed by atoms with Gasteiger partial charge in [-0.3, -0.25) is 9.59 Å². The highest BCUT2D eigenvalue weighted by atomic mass is 79.9. The van der Waals surface area contributed by atoms with Gasteiger partial charge in [0.15, 0.2) is 0 Å². The van der Waals surface area contributed by atoms with Gasteiger partial charge in [0.25, 0.3) is 0 Å². The third-order valence-electron chi connectivity index (χ3n) is 3.48. The highest BCUT2D eigenvalue weighted by molar-refractivity contribution is 9.10. The summed E-state index contributed by atoms with van der Waals surface area (Å²) in [6.07, 6.45) is 2.82. The van der Waals surface area contributed by atoms with Crippen LogP contribution in [0.25, 0.3) is 0 Å². The van der Waals surface area contributed by atoms with Crippen LogP contribution in [0.4, 0.5) is 5.69 Å². The number of anilines is 1. The zero-order valence-electron chi connectivity index (χ0n) is 10.4. The predicted octanol–water partition coefficient (Wildman–Crippen LogP) is 2.30. The summed E-state index contributed by atoms with van der Waals surface area (Å²) >= 11 is 3.36. The summed E-state index contributed by atoms with van der Waals surface area (Å²) in [6, 6.07) is 7.81. The van der Waals surface area contributed by atoms with Crippen molar-refractivity contribution in [2.45, 2.75) is 25.3 Å². The van der Waals surface area contributed by atoms with Gasteiger partial charge in [0.05, 0.1) is 11.8 Å². The first-order valence-electron chi connectivity index (χ1n) is 6.50. The second-order valence-corrected chi connectivity index (χ2v) is 6.15. The Bertz CT molecular complexity index is 528. The molecule has 100 valence electrons. The smallest absolute Gasteiger partial charge is 0.228 e. The Morgan fingerprint density at radius 1 is 1.16 bits per heavy atom. The van der Waals surface area contributed by atoms with Crippen LogP contribution in [0.1, 0.15) is 19.3 Å². The van der Waals surface area contributed by atoms with Gasteiger partial charge in [-0.1, -0.05) is 22.0 Å². The molecule has 0 radical (unpaired) electrons. The Hall–Kier alpha value is -1.36. The summed E-state index contributed by atoms with van der Waals surface area (Å²) < 4.78 is 0.920. The molecule has 0 spiro atoms. The predicted molar refractivity (Wildman–Crippen MR) is 75.5 cm³/mol. The molecule has 3 rings (SSSR count). The van der Waals surface area contributed by atoms with Crippen LogP contribution >= 0.6 is 15.9 Å². The summed E-state index contributed by atoms with van der Waals surface area (Å²) in [5, 5.41) is 5.80. The maximum Gasteiger partial charge on any atom is 0.228 e. The molecule has 4 nitrogen and oxygen atoms in total. The molecule has 2 unspecified atom stereocenters. The molecule has 2 atom stereocenters. The normalized spacial score (nSPS) is 24.7. The molecule has 0 saturated heterocycles. The molecule has 1 aromatic carbocycles. The molecule has 2 saturated carbocycles. The van der Waals surface area contributed by atoms with E-state index in [-0.39, 0.29) is 23.7 Å². The number of rotatable bonds is 4. The van der Waals surface area contributed by atoms with Gasteiger partial charge in [0.1, 0.15) is 0 Å². The highest BCUT2D eigenvalue weighted by Crippen LogP contribution is 2.40. The van der Waals surface area contributed by atoms with E-state index in [0.717, 1.165) is 23.0 Å².